The monoisotopic (exact) mass is 369 g/mol. The zero-order valence-corrected chi connectivity index (χ0v) is 14.5. The summed E-state index contributed by atoms with van der Waals surface area (Å²) in [4.78, 5) is 0. The normalized spacial score (nSPS) is 35.6. The van der Waals surface area contributed by atoms with Gasteiger partial charge < -0.3 is 5.32 Å². The molecular weight excluding hydrogens is 345 g/mol. The first-order valence-electron chi connectivity index (χ1n) is 7.36. The maximum atomic E-state index is 3.87. The molecule has 2 aliphatic rings. The molecule has 0 spiro atoms. The quantitative estimate of drug-likeness (QED) is 0.705. The third kappa shape index (κ3) is 2.10. The van der Waals surface area contributed by atoms with Crippen molar-refractivity contribution in [2.24, 2.45) is 16.7 Å². The Labute approximate surface area is 130 Å². The summed E-state index contributed by atoms with van der Waals surface area (Å²) in [5.74, 6) is 0.902. The second kappa shape index (κ2) is 4.37. The van der Waals surface area contributed by atoms with Crippen LogP contribution in [0.4, 0.5) is 5.69 Å². The lowest BCUT2D eigenvalue weighted by Crippen LogP contribution is -2.45. The zero-order chi connectivity index (χ0) is 13.8. The van der Waals surface area contributed by atoms with Crippen molar-refractivity contribution in [3.8, 4) is 0 Å². The first-order chi connectivity index (χ1) is 8.83. The van der Waals surface area contributed by atoms with Gasteiger partial charge in [0.25, 0.3) is 0 Å². The Morgan fingerprint density at radius 3 is 2.58 bits per heavy atom. The third-order valence-electron chi connectivity index (χ3n) is 5.75. The summed E-state index contributed by atoms with van der Waals surface area (Å²) in [5, 5.41) is 3.87. The topological polar surface area (TPSA) is 12.0 Å². The second-order valence-electron chi connectivity index (χ2n) is 7.46. The SMILES string of the molecule is Cc1ccc(NC2C3(C)CCC(C3)C2(C)C)cc1I. The summed E-state index contributed by atoms with van der Waals surface area (Å²) in [6.45, 7) is 9.57. The summed E-state index contributed by atoms with van der Waals surface area (Å²) in [5.41, 5.74) is 3.57. The van der Waals surface area contributed by atoms with Gasteiger partial charge in [0.15, 0.2) is 0 Å². The Morgan fingerprint density at radius 2 is 2.00 bits per heavy atom. The van der Waals surface area contributed by atoms with Crippen LogP contribution < -0.4 is 5.32 Å². The van der Waals surface area contributed by atoms with Gasteiger partial charge in [0.2, 0.25) is 0 Å². The van der Waals surface area contributed by atoms with E-state index in [1.165, 1.54) is 34.1 Å². The lowest BCUT2D eigenvalue weighted by Gasteiger charge is -2.43. The molecule has 19 heavy (non-hydrogen) atoms. The van der Waals surface area contributed by atoms with Gasteiger partial charge in [-0.25, -0.2) is 0 Å². The van der Waals surface area contributed by atoms with Crippen molar-refractivity contribution >= 4 is 28.3 Å². The molecule has 0 radical (unpaired) electrons. The first kappa shape index (κ1) is 13.7. The zero-order valence-electron chi connectivity index (χ0n) is 12.4. The highest BCUT2D eigenvalue weighted by atomic mass is 127. The average Bonchev–Trinajstić information content (AvgIpc) is 2.80. The van der Waals surface area contributed by atoms with Crippen molar-refractivity contribution in [2.45, 2.75) is 53.0 Å². The number of anilines is 1. The molecule has 1 nitrogen and oxygen atoms in total. The number of aryl methyl sites for hydroxylation is 1. The van der Waals surface area contributed by atoms with Gasteiger partial charge in [-0.1, -0.05) is 26.8 Å². The summed E-state index contributed by atoms with van der Waals surface area (Å²) >= 11 is 2.43. The van der Waals surface area contributed by atoms with Crippen molar-refractivity contribution in [1.82, 2.24) is 0 Å². The molecule has 0 aliphatic heterocycles. The highest BCUT2D eigenvalue weighted by Gasteiger charge is 2.59. The molecule has 3 rings (SSSR count). The van der Waals surface area contributed by atoms with E-state index in [9.17, 15) is 0 Å². The van der Waals surface area contributed by atoms with Crippen LogP contribution in [0.15, 0.2) is 18.2 Å². The standard InChI is InChI=1S/C17H24IN/c1-11-5-6-13(9-14(11)18)19-15-16(2,3)12-7-8-17(15,4)10-12/h5-6,9,12,15,19H,7-8,10H2,1-4H3. The van der Waals surface area contributed by atoms with Crippen LogP contribution >= 0.6 is 22.6 Å². The van der Waals surface area contributed by atoms with Crippen LogP contribution in [0, 0.1) is 27.2 Å². The smallest absolute Gasteiger partial charge is 0.0368 e. The van der Waals surface area contributed by atoms with E-state index in [-0.39, 0.29) is 0 Å². The Kier molecular flexibility index (Phi) is 3.16. The highest BCUT2D eigenvalue weighted by Crippen LogP contribution is 2.63. The van der Waals surface area contributed by atoms with E-state index < -0.39 is 0 Å². The van der Waals surface area contributed by atoms with Crippen molar-refractivity contribution in [3.63, 3.8) is 0 Å². The summed E-state index contributed by atoms with van der Waals surface area (Å²) < 4.78 is 1.36. The van der Waals surface area contributed by atoms with Gasteiger partial charge in [0.1, 0.15) is 0 Å². The number of halogens is 1. The van der Waals surface area contributed by atoms with Gasteiger partial charge in [0, 0.05) is 15.3 Å². The van der Waals surface area contributed by atoms with Crippen molar-refractivity contribution in [2.75, 3.05) is 5.32 Å². The van der Waals surface area contributed by atoms with E-state index in [1.807, 2.05) is 0 Å². The van der Waals surface area contributed by atoms with E-state index in [0.29, 0.717) is 16.9 Å². The van der Waals surface area contributed by atoms with Gasteiger partial charge in [-0.2, -0.15) is 0 Å². The van der Waals surface area contributed by atoms with Crippen molar-refractivity contribution in [1.29, 1.82) is 0 Å². The van der Waals surface area contributed by atoms with Gasteiger partial charge in [-0.05, 0) is 83.2 Å². The van der Waals surface area contributed by atoms with Crippen molar-refractivity contribution < 1.29 is 0 Å². The molecule has 1 aromatic carbocycles. The van der Waals surface area contributed by atoms with Gasteiger partial charge in [0.05, 0.1) is 0 Å². The Bertz CT molecular complexity index is 503. The molecule has 0 heterocycles. The summed E-state index contributed by atoms with van der Waals surface area (Å²) in [7, 11) is 0. The summed E-state index contributed by atoms with van der Waals surface area (Å²) in [6.07, 6.45) is 4.22. The number of rotatable bonds is 2. The molecule has 3 unspecified atom stereocenters. The van der Waals surface area contributed by atoms with Gasteiger partial charge >= 0.3 is 0 Å². The highest BCUT2D eigenvalue weighted by molar-refractivity contribution is 14.1. The Hall–Kier alpha value is -0.250. The first-order valence-corrected chi connectivity index (χ1v) is 8.43. The molecule has 1 aromatic rings. The van der Waals surface area contributed by atoms with Crippen LogP contribution in [0.25, 0.3) is 0 Å². The molecule has 2 saturated carbocycles. The minimum absolute atomic E-state index is 0.420. The number of hydrogen-bond donors (Lipinski definition) is 1. The van der Waals surface area contributed by atoms with Gasteiger partial charge in [-0.3, -0.25) is 0 Å². The molecule has 1 N–H and O–H groups in total. The van der Waals surface area contributed by atoms with Crippen LogP contribution in [-0.4, -0.2) is 6.04 Å². The lowest BCUT2D eigenvalue weighted by molar-refractivity contribution is 0.155. The minimum Gasteiger partial charge on any atom is -0.381 e. The molecule has 2 fully saturated rings. The van der Waals surface area contributed by atoms with Crippen LogP contribution in [0.2, 0.25) is 0 Å². The molecule has 2 bridgehead atoms. The van der Waals surface area contributed by atoms with Crippen LogP contribution in [0.1, 0.15) is 45.6 Å². The Balaban J connectivity index is 1.88. The minimum atomic E-state index is 0.420. The van der Waals surface area contributed by atoms with Crippen molar-refractivity contribution in [3.05, 3.63) is 27.3 Å². The predicted octanol–water partition coefficient (Wildman–Crippen LogP) is 5.23. The Morgan fingerprint density at radius 1 is 1.26 bits per heavy atom. The second-order valence-corrected chi connectivity index (χ2v) is 8.62. The molecular formula is C17H24IN. The predicted molar refractivity (Wildman–Crippen MR) is 90.5 cm³/mol. The van der Waals surface area contributed by atoms with Crippen LogP contribution in [0.3, 0.4) is 0 Å². The van der Waals surface area contributed by atoms with E-state index >= 15 is 0 Å². The maximum Gasteiger partial charge on any atom is 0.0368 e. The largest absolute Gasteiger partial charge is 0.381 e. The van der Waals surface area contributed by atoms with E-state index in [4.69, 9.17) is 0 Å². The van der Waals surface area contributed by atoms with Gasteiger partial charge in [-0.15, -0.1) is 0 Å². The van der Waals surface area contributed by atoms with E-state index in [2.05, 4.69) is 73.8 Å². The number of nitrogens with one attached hydrogen (secondary N) is 1. The summed E-state index contributed by atoms with van der Waals surface area (Å²) in [6, 6.07) is 7.37. The molecule has 2 aliphatic carbocycles. The fraction of sp³-hybridized carbons (Fsp3) is 0.647. The maximum absolute atomic E-state index is 3.87. The molecule has 0 aromatic heterocycles. The lowest BCUT2D eigenvalue weighted by atomic mass is 9.68. The molecule has 0 saturated heterocycles. The van der Waals surface area contributed by atoms with E-state index in [0.717, 1.165) is 5.92 Å². The number of fused-ring (bicyclic) bond motifs is 2. The third-order valence-corrected chi connectivity index (χ3v) is 6.91. The number of benzene rings is 1. The van der Waals surface area contributed by atoms with E-state index in [1.54, 1.807) is 0 Å². The fourth-order valence-electron chi connectivity index (χ4n) is 4.51. The van der Waals surface area contributed by atoms with Crippen LogP contribution in [0.5, 0.6) is 0 Å². The van der Waals surface area contributed by atoms with Crippen LogP contribution in [-0.2, 0) is 0 Å². The average molecular weight is 369 g/mol. The fourth-order valence-corrected chi connectivity index (χ4v) is 5.03. The molecule has 3 atom stereocenters. The number of hydrogen-bond acceptors (Lipinski definition) is 1. The molecule has 2 heteroatoms. The molecule has 0 amide bonds. The molecule has 104 valence electrons.